The molecule has 2 aliphatic rings. The third kappa shape index (κ3) is 5.62. The van der Waals surface area contributed by atoms with Gasteiger partial charge in [-0.25, -0.2) is 4.98 Å². The lowest BCUT2D eigenvalue weighted by atomic mass is 9.84. The summed E-state index contributed by atoms with van der Waals surface area (Å²) >= 11 is 0. The number of carbonyl (C=O) groups is 2. The van der Waals surface area contributed by atoms with Crippen LogP contribution in [0.3, 0.4) is 0 Å². The largest absolute Gasteiger partial charge is 0.436 e. The van der Waals surface area contributed by atoms with Crippen molar-refractivity contribution in [3.8, 4) is 11.5 Å². The van der Waals surface area contributed by atoms with Gasteiger partial charge in [-0.1, -0.05) is 31.5 Å². The van der Waals surface area contributed by atoms with E-state index in [1.165, 1.54) is 19.3 Å². The zero-order chi connectivity index (χ0) is 24.9. The van der Waals surface area contributed by atoms with Crippen molar-refractivity contribution in [2.24, 2.45) is 11.8 Å². The van der Waals surface area contributed by atoms with Crippen molar-refractivity contribution in [3.63, 3.8) is 0 Å². The maximum absolute atomic E-state index is 13.2. The zero-order valence-corrected chi connectivity index (χ0v) is 21.1. The Balaban J connectivity index is 1.13. The Labute approximate surface area is 212 Å². The Bertz CT molecular complexity index is 1180. The van der Waals surface area contributed by atoms with Crippen molar-refractivity contribution in [2.75, 3.05) is 39.3 Å². The maximum Gasteiger partial charge on any atom is 0.253 e. The summed E-state index contributed by atoms with van der Waals surface area (Å²) in [5, 5.41) is 3.14. The van der Waals surface area contributed by atoms with Gasteiger partial charge in [0.2, 0.25) is 11.8 Å². The van der Waals surface area contributed by atoms with Gasteiger partial charge in [0.15, 0.2) is 5.58 Å². The highest BCUT2D eigenvalue weighted by molar-refractivity contribution is 5.97. The standard InChI is InChI=1S/C29H36N4O3/c1-21(27(34)30-14-19-32-15-6-3-7-16-32)22-12-17-33(18-13-22)29(35)24-10-11-25-26(20-24)36-28(31-25)23-8-4-2-5-9-23/h2,4-5,8-11,20-22H,3,6-7,12-19H2,1H3,(H,30,34). The molecule has 2 aromatic carbocycles. The van der Waals surface area contributed by atoms with E-state index in [9.17, 15) is 9.59 Å². The fourth-order valence-corrected chi connectivity index (χ4v) is 5.44. The number of hydrogen-bond donors (Lipinski definition) is 1. The molecular formula is C29H36N4O3. The van der Waals surface area contributed by atoms with Crippen LogP contribution in [0.25, 0.3) is 22.6 Å². The van der Waals surface area contributed by atoms with Crippen LogP contribution in [0.2, 0.25) is 0 Å². The molecule has 1 N–H and O–H groups in total. The number of nitrogens with zero attached hydrogens (tertiary/aromatic N) is 3. The van der Waals surface area contributed by atoms with Crippen LogP contribution in [0.4, 0.5) is 0 Å². The molecule has 7 heteroatoms. The summed E-state index contributed by atoms with van der Waals surface area (Å²) in [5.41, 5.74) is 2.88. The first-order chi connectivity index (χ1) is 17.6. The minimum atomic E-state index is -0.0365. The van der Waals surface area contributed by atoms with Crippen molar-refractivity contribution < 1.29 is 14.0 Å². The smallest absolute Gasteiger partial charge is 0.253 e. The van der Waals surface area contributed by atoms with Gasteiger partial charge in [0.05, 0.1) is 0 Å². The van der Waals surface area contributed by atoms with E-state index in [0.717, 1.165) is 50.1 Å². The molecule has 1 unspecified atom stereocenters. The number of amides is 2. The average molecular weight is 489 g/mol. The predicted molar refractivity (Wildman–Crippen MR) is 141 cm³/mol. The number of likely N-dealkylation sites (tertiary alicyclic amines) is 2. The van der Waals surface area contributed by atoms with Gasteiger partial charge >= 0.3 is 0 Å². The van der Waals surface area contributed by atoms with Gasteiger partial charge in [-0.3, -0.25) is 9.59 Å². The molecule has 3 heterocycles. The minimum Gasteiger partial charge on any atom is -0.436 e. The zero-order valence-electron chi connectivity index (χ0n) is 21.1. The number of oxazole rings is 1. The normalized spacial score (nSPS) is 18.3. The molecule has 7 nitrogen and oxygen atoms in total. The molecule has 36 heavy (non-hydrogen) atoms. The summed E-state index contributed by atoms with van der Waals surface area (Å²) in [6, 6.07) is 15.2. The van der Waals surface area contributed by atoms with Crippen LogP contribution in [0.5, 0.6) is 0 Å². The van der Waals surface area contributed by atoms with Gasteiger partial charge in [-0.2, -0.15) is 0 Å². The van der Waals surface area contributed by atoms with E-state index in [1.807, 2.05) is 54.3 Å². The van der Waals surface area contributed by atoms with Gasteiger partial charge in [-0.05, 0) is 75.0 Å². The summed E-state index contributed by atoms with van der Waals surface area (Å²) < 4.78 is 5.95. The molecule has 2 amide bonds. The van der Waals surface area contributed by atoms with Crippen molar-refractivity contribution in [1.82, 2.24) is 20.1 Å². The summed E-state index contributed by atoms with van der Waals surface area (Å²) in [6.45, 7) is 7.31. The molecular weight excluding hydrogens is 452 g/mol. The molecule has 1 aromatic heterocycles. The first kappa shape index (κ1) is 24.5. The number of carbonyl (C=O) groups excluding carboxylic acids is 2. The van der Waals surface area contributed by atoms with Gasteiger partial charge in [0.1, 0.15) is 5.52 Å². The van der Waals surface area contributed by atoms with Crippen molar-refractivity contribution in [3.05, 3.63) is 54.1 Å². The van der Waals surface area contributed by atoms with Gasteiger partial charge in [-0.15, -0.1) is 0 Å². The molecule has 2 saturated heterocycles. The number of nitrogens with one attached hydrogen (secondary N) is 1. The Hall–Kier alpha value is -3.19. The summed E-state index contributed by atoms with van der Waals surface area (Å²) in [6.07, 6.45) is 5.54. The van der Waals surface area contributed by atoms with E-state index < -0.39 is 0 Å². The van der Waals surface area contributed by atoms with Gasteiger partial charge < -0.3 is 19.5 Å². The number of fused-ring (bicyclic) bond motifs is 1. The highest BCUT2D eigenvalue weighted by Crippen LogP contribution is 2.28. The van der Waals surface area contributed by atoms with Crippen LogP contribution in [-0.4, -0.2) is 65.9 Å². The van der Waals surface area contributed by atoms with Crippen molar-refractivity contribution in [2.45, 2.75) is 39.0 Å². The second-order valence-corrected chi connectivity index (χ2v) is 10.2. The van der Waals surface area contributed by atoms with Gasteiger partial charge in [0.25, 0.3) is 5.91 Å². The Morgan fingerprint density at radius 2 is 1.78 bits per heavy atom. The summed E-state index contributed by atoms with van der Waals surface area (Å²) in [4.78, 5) is 34.8. The van der Waals surface area contributed by atoms with E-state index >= 15 is 0 Å². The van der Waals surface area contributed by atoms with E-state index in [2.05, 4.69) is 15.2 Å². The molecule has 2 aliphatic heterocycles. The van der Waals surface area contributed by atoms with Crippen LogP contribution in [0, 0.1) is 11.8 Å². The maximum atomic E-state index is 13.2. The molecule has 3 aromatic rings. The fraction of sp³-hybridized carbons (Fsp3) is 0.483. The lowest BCUT2D eigenvalue weighted by molar-refractivity contribution is -0.126. The third-order valence-corrected chi connectivity index (χ3v) is 7.78. The van der Waals surface area contributed by atoms with E-state index in [-0.39, 0.29) is 17.7 Å². The van der Waals surface area contributed by atoms with Crippen molar-refractivity contribution >= 4 is 22.9 Å². The first-order valence-corrected chi connectivity index (χ1v) is 13.3. The highest BCUT2D eigenvalue weighted by Gasteiger charge is 2.30. The molecule has 0 spiro atoms. The monoisotopic (exact) mass is 488 g/mol. The van der Waals surface area contributed by atoms with Crippen LogP contribution >= 0.6 is 0 Å². The summed E-state index contributed by atoms with van der Waals surface area (Å²) in [7, 11) is 0. The molecule has 2 fully saturated rings. The quantitative estimate of drug-likeness (QED) is 0.527. The SMILES string of the molecule is CC(C(=O)NCCN1CCCCC1)C1CCN(C(=O)c2ccc3nc(-c4ccccc4)oc3c2)CC1. The van der Waals surface area contributed by atoms with E-state index in [1.54, 1.807) is 6.07 Å². The molecule has 0 saturated carbocycles. The second-order valence-electron chi connectivity index (χ2n) is 10.2. The minimum absolute atomic E-state index is 0.00615. The number of piperidine rings is 2. The predicted octanol–water partition coefficient (Wildman–Crippen LogP) is 4.59. The van der Waals surface area contributed by atoms with Crippen LogP contribution in [0.15, 0.2) is 52.9 Å². The second kappa shape index (κ2) is 11.2. The first-order valence-electron chi connectivity index (χ1n) is 13.3. The number of rotatable bonds is 7. The third-order valence-electron chi connectivity index (χ3n) is 7.78. The average Bonchev–Trinajstić information content (AvgIpc) is 3.37. The van der Waals surface area contributed by atoms with E-state index in [0.29, 0.717) is 36.0 Å². The van der Waals surface area contributed by atoms with Crippen LogP contribution in [-0.2, 0) is 4.79 Å². The van der Waals surface area contributed by atoms with Crippen molar-refractivity contribution in [1.29, 1.82) is 0 Å². The fourth-order valence-electron chi connectivity index (χ4n) is 5.44. The van der Waals surface area contributed by atoms with E-state index in [4.69, 9.17) is 4.42 Å². The molecule has 0 aliphatic carbocycles. The molecule has 5 rings (SSSR count). The Morgan fingerprint density at radius 1 is 1.03 bits per heavy atom. The lowest BCUT2D eigenvalue weighted by Gasteiger charge is -2.34. The number of benzene rings is 2. The van der Waals surface area contributed by atoms with Crippen LogP contribution in [0.1, 0.15) is 49.4 Å². The Kier molecular flexibility index (Phi) is 7.66. The molecule has 0 radical (unpaired) electrons. The molecule has 1 atom stereocenters. The van der Waals surface area contributed by atoms with Gasteiger partial charge in [0, 0.05) is 43.2 Å². The Morgan fingerprint density at radius 3 is 2.53 bits per heavy atom. The number of aromatic nitrogens is 1. The lowest BCUT2D eigenvalue weighted by Crippen LogP contribution is -2.44. The topological polar surface area (TPSA) is 78.7 Å². The number of hydrogen-bond acceptors (Lipinski definition) is 5. The van der Waals surface area contributed by atoms with Crippen LogP contribution < -0.4 is 5.32 Å². The highest BCUT2D eigenvalue weighted by atomic mass is 16.3. The molecule has 190 valence electrons. The summed E-state index contributed by atoms with van der Waals surface area (Å²) in [5.74, 6) is 0.965. The molecule has 0 bridgehead atoms.